The molecule has 9 unspecified atom stereocenters. The molecule has 0 aromatic rings. The zero-order valence-electron chi connectivity index (χ0n) is 18.1. The molecule has 160 valence electrons. The molecule has 2 heterocycles. The highest BCUT2D eigenvalue weighted by Crippen LogP contribution is 2.52. The summed E-state index contributed by atoms with van der Waals surface area (Å²) in [7, 11) is -0.598. The largest absolute Gasteiger partial charge is 0.382 e. The molecule has 2 rings (SSSR count). The maximum absolute atomic E-state index is 6.48. The summed E-state index contributed by atoms with van der Waals surface area (Å²) >= 11 is 0. The summed E-state index contributed by atoms with van der Waals surface area (Å²) in [5.41, 5.74) is 0. The molecule has 2 saturated heterocycles. The summed E-state index contributed by atoms with van der Waals surface area (Å²) in [6, 6.07) is 0. The predicted octanol–water partition coefficient (Wildman–Crippen LogP) is 3.59. The fraction of sp³-hybridized carbons (Fsp3) is 0.950. The molecule has 9 atom stereocenters. The average Bonchev–Trinajstić information content (AvgIpc) is 3.05. The van der Waals surface area contributed by atoms with Crippen molar-refractivity contribution in [1.82, 2.24) is 0 Å². The van der Waals surface area contributed by atoms with Crippen LogP contribution in [0.5, 0.6) is 0 Å². The van der Waals surface area contributed by atoms with E-state index in [9.17, 15) is 0 Å². The highest BCUT2D eigenvalue weighted by molar-refractivity contribution is 7.64. The van der Waals surface area contributed by atoms with E-state index in [1.807, 2.05) is 6.92 Å². The van der Waals surface area contributed by atoms with Gasteiger partial charge in [-0.2, -0.15) is 0 Å². The van der Waals surface area contributed by atoms with E-state index in [-0.39, 0.29) is 42.5 Å². The molecule has 0 saturated carbocycles. The Morgan fingerprint density at radius 2 is 1.44 bits per heavy atom. The van der Waals surface area contributed by atoms with Gasteiger partial charge >= 0.3 is 0 Å². The van der Waals surface area contributed by atoms with Gasteiger partial charge in [0.05, 0.1) is 37.6 Å². The number of rotatable bonds is 10. The van der Waals surface area contributed by atoms with Gasteiger partial charge in [0.25, 0.3) is 0 Å². The van der Waals surface area contributed by atoms with Crippen LogP contribution in [-0.4, -0.2) is 76.0 Å². The first kappa shape index (κ1) is 23.3. The third-order valence-electron chi connectivity index (χ3n) is 5.99. The molecule has 6 nitrogen and oxygen atoms in total. The molecular formula is C20H39O6P. The SMILES string of the molecule is C=P(CC)(OCC1OC(C)C(C)C1OCC)OC1C(COC)OC(C)C1C. The first-order valence-electron chi connectivity index (χ1n) is 10.2. The minimum absolute atomic E-state index is 0.0466. The summed E-state index contributed by atoms with van der Waals surface area (Å²) < 4.78 is 36.1. The van der Waals surface area contributed by atoms with E-state index in [0.717, 1.165) is 6.16 Å². The molecule has 2 fully saturated rings. The van der Waals surface area contributed by atoms with Gasteiger partial charge in [-0.1, -0.05) is 27.1 Å². The highest BCUT2D eigenvalue weighted by Gasteiger charge is 2.44. The van der Waals surface area contributed by atoms with Crippen LogP contribution in [0.3, 0.4) is 0 Å². The second-order valence-electron chi connectivity index (χ2n) is 7.85. The number of hydrogen-bond acceptors (Lipinski definition) is 6. The lowest BCUT2D eigenvalue weighted by molar-refractivity contribution is -0.0433. The minimum atomic E-state index is -2.28. The van der Waals surface area contributed by atoms with Gasteiger partial charge in [-0.3, -0.25) is 0 Å². The van der Waals surface area contributed by atoms with Crippen molar-refractivity contribution in [2.75, 3.05) is 33.1 Å². The van der Waals surface area contributed by atoms with Crippen LogP contribution >= 0.6 is 7.34 Å². The van der Waals surface area contributed by atoms with Gasteiger partial charge < -0.3 is 28.0 Å². The van der Waals surface area contributed by atoms with Crippen molar-refractivity contribution in [2.24, 2.45) is 11.8 Å². The van der Waals surface area contributed by atoms with Crippen LogP contribution < -0.4 is 0 Å². The van der Waals surface area contributed by atoms with Gasteiger partial charge in [0.2, 0.25) is 0 Å². The molecule has 7 heteroatoms. The maximum atomic E-state index is 6.48. The molecule has 0 N–H and O–H groups in total. The van der Waals surface area contributed by atoms with Crippen LogP contribution in [0.4, 0.5) is 0 Å². The van der Waals surface area contributed by atoms with Crippen LogP contribution in [0, 0.1) is 11.8 Å². The molecule has 2 aliphatic heterocycles. The molecule has 0 bridgehead atoms. The lowest BCUT2D eigenvalue weighted by Crippen LogP contribution is -2.34. The minimum Gasteiger partial charge on any atom is -0.382 e. The van der Waals surface area contributed by atoms with Crippen LogP contribution in [-0.2, 0) is 28.0 Å². The summed E-state index contributed by atoms with van der Waals surface area (Å²) in [5.74, 6) is 0.606. The Hall–Kier alpha value is 0.0600. The maximum Gasteiger partial charge on any atom is 0.117 e. The van der Waals surface area contributed by atoms with Crippen molar-refractivity contribution in [1.29, 1.82) is 0 Å². The van der Waals surface area contributed by atoms with Gasteiger partial charge in [-0.05, 0) is 20.8 Å². The van der Waals surface area contributed by atoms with Crippen molar-refractivity contribution in [2.45, 2.75) is 78.2 Å². The van der Waals surface area contributed by atoms with E-state index in [2.05, 4.69) is 40.9 Å². The lowest BCUT2D eigenvalue weighted by atomic mass is 9.99. The average molecular weight is 407 g/mol. The molecule has 0 aromatic heterocycles. The van der Waals surface area contributed by atoms with Gasteiger partial charge in [-0.25, -0.2) is 0 Å². The Bertz CT molecular complexity index is 501. The van der Waals surface area contributed by atoms with Crippen LogP contribution in [0.2, 0.25) is 0 Å². The van der Waals surface area contributed by atoms with Gasteiger partial charge in [0.15, 0.2) is 0 Å². The Morgan fingerprint density at radius 3 is 1.96 bits per heavy atom. The van der Waals surface area contributed by atoms with E-state index in [0.29, 0.717) is 25.7 Å². The van der Waals surface area contributed by atoms with Gasteiger partial charge in [0, 0.05) is 31.7 Å². The lowest BCUT2D eigenvalue weighted by Gasteiger charge is -2.32. The predicted molar refractivity (Wildman–Crippen MR) is 110 cm³/mol. The monoisotopic (exact) mass is 406 g/mol. The highest BCUT2D eigenvalue weighted by atomic mass is 31.2. The standard InChI is InChI=1S/C20H39O6P/c1-9-22-19-13(3)15(5)25-18(19)12-23-27(8,10-2)26-20-14(4)16(6)24-17(20)11-21-7/h13-20H,8-12H2,1-7H3. The van der Waals surface area contributed by atoms with Gasteiger partial charge in [0.1, 0.15) is 19.5 Å². The molecule has 27 heavy (non-hydrogen) atoms. The van der Waals surface area contributed by atoms with Crippen molar-refractivity contribution in [3.8, 4) is 0 Å². The Kier molecular flexibility index (Phi) is 8.82. The van der Waals surface area contributed by atoms with Gasteiger partial charge in [-0.15, -0.1) is 0 Å². The fourth-order valence-electron chi connectivity index (χ4n) is 3.84. The first-order chi connectivity index (χ1) is 12.8. The van der Waals surface area contributed by atoms with Crippen molar-refractivity contribution >= 4 is 13.6 Å². The fourth-order valence-corrected chi connectivity index (χ4v) is 5.42. The van der Waals surface area contributed by atoms with E-state index < -0.39 is 7.34 Å². The van der Waals surface area contributed by atoms with E-state index in [1.165, 1.54) is 0 Å². The normalized spacial score (nSPS) is 41.7. The summed E-state index contributed by atoms with van der Waals surface area (Å²) in [4.78, 5) is 0. The second-order valence-corrected chi connectivity index (χ2v) is 10.6. The molecule has 0 radical (unpaired) electrons. The van der Waals surface area contributed by atoms with Crippen LogP contribution in [0.1, 0.15) is 41.5 Å². The van der Waals surface area contributed by atoms with Crippen LogP contribution in [0.25, 0.3) is 0 Å². The topological polar surface area (TPSA) is 55.4 Å². The number of hydrogen-bond donors (Lipinski definition) is 0. The zero-order valence-corrected chi connectivity index (χ0v) is 18.9. The van der Waals surface area contributed by atoms with E-state index in [1.54, 1.807) is 7.11 Å². The molecular weight excluding hydrogens is 367 g/mol. The van der Waals surface area contributed by atoms with E-state index >= 15 is 0 Å². The molecule has 0 spiro atoms. The Labute approximate surface area is 165 Å². The van der Waals surface area contributed by atoms with E-state index in [4.69, 9.17) is 28.0 Å². The zero-order chi connectivity index (χ0) is 20.2. The van der Waals surface area contributed by atoms with Crippen LogP contribution in [0.15, 0.2) is 0 Å². The van der Waals surface area contributed by atoms with Crippen molar-refractivity contribution in [3.05, 3.63) is 0 Å². The summed E-state index contributed by atoms with van der Waals surface area (Å²) in [6.07, 6.45) is 5.17. The number of methoxy groups -OCH3 is 1. The Morgan fingerprint density at radius 1 is 0.889 bits per heavy atom. The molecule has 0 aromatic carbocycles. The molecule has 0 amide bonds. The summed E-state index contributed by atoms with van der Waals surface area (Å²) in [6.45, 7) is 14.2. The molecule has 2 aliphatic rings. The quantitative estimate of drug-likeness (QED) is 0.517. The Balaban J connectivity index is 2.01. The van der Waals surface area contributed by atoms with Crippen molar-refractivity contribution in [3.63, 3.8) is 0 Å². The second kappa shape index (κ2) is 10.2. The third-order valence-corrected chi connectivity index (χ3v) is 8.20. The third kappa shape index (κ3) is 5.57. The van der Waals surface area contributed by atoms with Crippen molar-refractivity contribution < 1.29 is 28.0 Å². The first-order valence-corrected chi connectivity index (χ1v) is 12.2. The summed E-state index contributed by atoms with van der Waals surface area (Å²) in [5, 5.41) is 0. The smallest absolute Gasteiger partial charge is 0.117 e. The number of ether oxygens (including phenoxy) is 4. The molecule has 0 aliphatic carbocycles.